The van der Waals surface area contributed by atoms with E-state index < -0.39 is 11.2 Å². The van der Waals surface area contributed by atoms with Crippen LogP contribution in [0.5, 0.6) is 0 Å². The standard InChI is InChI=1S/C11H7BrN4O2/c12-6-1-3-7(4-2-6)16-10(17)8-9(14-5-13-8)15-11(16)18/h1-5H,(H,13,14)(H,15,18). The van der Waals surface area contributed by atoms with Crippen molar-refractivity contribution in [3.8, 4) is 5.69 Å². The van der Waals surface area contributed by atoms with Gasteiger partial charge in [-0.3, -0.25) is 9.78 Å². The lowest BCUT2D eigenvalue weighted by Gasteiger charge is -2.03. The maximum Gasteiger partial charge on any atom is 0.334 e. The van der Waals surface area contributed by atoms with Crippen LogP contribution in [-0.2, 0) is 0 Å². The molecule has 0 saturated carbocycles. The van der Waals surface area contributed by atoms with E-state index in [-0.39, 0.29) is 11.2 Å². The third kappa shape index (κ3) is 1.60. The molecule has 1 aromatic carbocycles. The van der Waals surface area contributed by atoms with Crippen LogP contribution in [0.3, 0.4) is 0 Å². The van der Waals surface area contributed by atoms with Crippen molar-refractivity contribution in [1.29, 1.82) is 0 Å². The molecular formula is C11H7BrN4O2. The predicted octanol–water partition coefficient (Wildman–Crippen LogP) is 1.16. The van der Waals surface area contributed by atoms with Crippen molar-refractivity contribution in [3.05, 3.63) is 55.9 Å². The van der Waals surface area contributed by atoms with Gasteiger partial charge in [-0.15, -0.1) is 0 Å². The lowest BCUT2D eigenvalue weighted by molar-refractivity contribution is 0.896. The average Bonchev–Trinajstić information content (AvgIpc) is 2.80. The Kier molecular flexibility index (Phi) is 2.41. The molecular weight excluding hydrogens is 300 g/mol. The molecule has 0 radical (unpaired) electrons. The third-order valence-corrected chi connectivity index (χ3v) is 3.10. The number of H-pyrrole nitrogens is 2. The van der Waals surface area contributed by atoms with E-state index in [1.54, 1.807) is 24.3 Å². The van der Waals surface area contributed by atoms with Crippen molar-refractivity contribution < 1.29 is 0 Å². The SMILES string of the molecule is O=c1[nH]c2nc[nH]c2c(=O)n1-c1ccc(Br)cc1. The van der Waals surface area contributed by atoms with E-state index in [1.165, 1.54) is 6.33 Å². The maximum absolute atomic E-state index is 12.2. The number of hydrogen-bond acceptors (Lipinski definition) is 3. The minimum absolute atomic E-state index is 0.262. The highest BCUT2D eigenvalue weighted by molar-refractivity contribution is 9.10. The topological polar surface area (TPSA) is 83.5 Å². The van der Waals surface area contributed by atoms with E-state index in [4.69, 9.17) is 0 Å². The van der Waals surface area contributed by atoms with Crippen molar-refractivity contribution in [2.75, 3.05) is 0 Å². The molecule has 0 saturated heterocycles. The van der Waals surface area contributed by atoms with Crippen LogP contribution in [0.4, 0.5) is 0 Å². The van der Waals surface area contributed by atoms with E-state index in [2.05, 4.69) is 30.9 Å². The maximum atomic E-state index is 12.2. The first-order chi connectivity index (χ1) is 8.66. The summed E-state index contributed by atoms with van der Waals surface area (Å²) in [5.41, 5.74) is 0.104. The first-order valence-corrected chi connectivity index (χ1v) is 5.90. The Bertz CT molecular complexity index is 829. The fraction of sp³-hybridized carbons (Fsp3) is 0. The number of hydrogen-bond donors (Lipinski definition) is 2. The highest BCUT2D eigenvalue weighted by Crippen LogP contribution is 2.12. The summed E-state index contributed by atoms with van der Waals surface area (Å²) in [4.78, 5) is 33.2. The van der Waals surface area contributed by atoms with E-state index >= 15 is 0 Å². The second kappa shape index (κ2) is 3.95. The van der Waals surface area contributed by atoms with Crippen LogP contribution in [0, 0.1) is 0 Å². The normalized spacial score (nSPS) is 10.9. The highest BCUT2D eigenvalue weighted by Gasteiger charge is 2.10. The fourth-order valence-electron chi connectivity index (χ4n) is 1.74. The molecule has 18 heavy (non-hydrogen) atoms. The van der Waals surface area contributed by atoms with Crippen molar-refractivity contribution in [1.82, 2.24) is 19.5 Å². The van der Waals surface area contributed by atoms with Crippen LogP contribution in [0.15, 0.2) is 44.7 Å². The van der Waals surface area contributed by atoms with E-state index in [9.17, 15) is 9.59 Å². The smallest absolute Gasteiger partial charge is 0.334 e. The zero-order chi connectivity index (χ0) is 12.7. The van der Waals surface area contributed by atoms with Gasteiger partial charge >= 0.3 is 5.69 Å². The van der Waals surface area contributed by atoms with E-state index in [1.807, 2.05) is 0 Å². The molecule has 0 atom stereocenters. The minimum Gasteiger partial charge on any atom is -0.339 e. The van der Waals surface area contributed by atoms with Gasteiger partial charge < -0.3 is 4.98 Å². The van der Waals surface area contributed by atoms with Crippen molar-refractivity contribution in [2.24, 2.45) is 0 Å². The Balaban J connectivity index is 2.38. The number of imidazole rings is 1. The summed E-state index contributed by atoms with van der Waals surface area (Å²) in [7, 11) is 0. The number of fused-ring (bicyclic) bond motifs is 1. The summed E-state index contributed by atoms with van der Waals surface area (Å²) < 4.78 is 1.94. The molecule has 3 aromatic rings. The van der Waals surface area contributed by atoms with Gasteiger partial charge in [0.15, 0.2) is 5.65 Å². The van der Waals surface area contributed by atoms with Crippen LogP contribution >= 0.6 is 15.9 Å². The molecule has 6 nitrogen and oxygen atoms in total. The first-order valence-electron chi connectivity index (χ1n) is 5.11. The van der Waals surface area contributed by atoms with Crippen LogP contribution in [0.25, 0.3) is 16.9 Å². The van der Waals surface area contributed by atoms with E-state index in [0.717, 1.165) is 9.04 Å². The molecule has 0 aliphatic heterocycles. The van der Waals surface area contributed by atoms with Gasteiger partial charge in [-0.25, -0.2) is 14.3 Å². The number of aromatic amines is 2. The number of nitrogens with one attached hydrogen (secondary N) is 2. The van der Waals surface area contributed by atoms with Crippen LogP contribution in [0.1, 0.15) is 0 Å². The largest absolute Gasteiger partial charge is 0.339 e. The molecule has 0 aliphatic carbocycles. The summed E-state index contributed by atoms with van der Waals surface area (Å²) in [6.45, 7) is 0. The highest BCUT2D eigenvalue weighted by atomic mass is 79.9. The van der Waals surface area contributed by atoms with Crippen LogP contribution in [-0.4, -0.2) is 19.5 Å². The molecule has 2 aromatic heterocycles. The summed E-state index contributed by atoms with van der Waals surface area (Å²) in [6.07, 6.45) is 1.37. The van der Waals surface area contributed by atoms with Gasteiger partial charge in [0.1, 0.15) is 5.52 Å². The third-order valence-electron chi connectivity index (χ3n) is 2.57. The lowest BCUT2D eigenvalue weighted by atomic mass is 10.3. The van der Waals surface area contributed by atoms with Gasteiger partial charge in [0.05, 0.1) is 12.0 Å². The Labute approximate surface area is 108 Å². The second-order valence-electron chi connectivity index (χ2n) is 3.67. The quantitative estimate of drug-likeness (QED) is 0.708. The molecule has 0 unspecified atom stereocenters. The van der Waals surface area contributed by atoms with Crippen LogP contribution < -0.4 is 11.2 Å². The summed E-state index contributed by atoms with van der Waals surface area (Å²) >= 11 is 3.30. The molecule has 2 N–H and O–H groups in total. The fourth-order valence-corrected chi connectivity index (χ4v) is 2.00. The zero-order valence-corrected chi connectivity index (χ0v) is 10.6. The Morgan fingerprint density at radius 3 is 2.61 bits per heavy atom. The van der Waals surface area contributed by atoms with Crippen molar-refractivity contribution in [2.45, 2.75) is 0 Å². The van der Waals surface area contributed by atoms with Gasteiger partial charge in [-0.05, 0) is 24.3 Å². The summed E-state index contributed by atoms with van der Waals surface area (Å²) in [5, 5.41) is 0. The predicted molar refractivity (Wildman–Crippen MR) is 70.0 cm³/mol. The molecule has 2 heterocycles. The van der Waals surface area contributed by atoms with Gasteiger partial charge in [0.2, 0.25) is 0 Å². The molecule has 0 spiro atoms. The Morgan fingerprint density at radius 2 is 1.89 bits per heavy atom. The van der Waals surface area contributed by atoms with E-state index in [0.29, 0.717) is 5.69 Å². The molecule has 0 fully saturated rings. The van der Waals surface area contributed by atoms with Crippen molar-refractivity contribution in [3.63, 3.8) is 0 Å². The first kappa shape index (κ1) is 11.0. The lowest BCUT2D eigenvalue weighted by Crippen LogP contribution is -2.33. The number of rotatable bonds is 1. The molecule has 0 amide bonds. The van der Waals surface area contributed by atoms with Crippen molar-refractivity contribution >= 4 is 27.1 Å². The number of benzene rings is 1. The van der Waals surface area contributed by atoms with Crippen LogP contribution in [0.2, 0.25) is 0 Å². The number of aromatic nitrogens is 4. The minimum atomic E-state index is -0.512. The zero-order valence-electron chi connectivity index (χ0n) is 8.98. The number of halogens is 1. The number of nitrogens with zero attached hydrogens (tertiary/aromatic N) is 2. The molecule has 7 heteroatoms. The summed E-state index contributed by atoms with van der Waals surface area (Å²) in [5.74, 6) is 0. The summed E-state index contributed by atoms with van der Waals surface area (Å²) in [6, 6.07) is 6.89. The molecule has 3 rings (SSSR count). The monoisotopic (exact) mass is 306 g/mol. The second-order valence-corrected chi connectivity index (χ2v) is 4.59. The average molecular weight is 307 g/mol. The van der Waals surface area contributed by atoms with Gasteiger partial charge in [0.25, 0.3) is 5.56 Å². The van der Waals surface area contributed by atoms with Gasteiger partial charge in [0, 0.05) is 4.47 Å². The van der Waals surface area contributed by atoms with Gasteiger partial charge in [-0.1, -0.05) is 15.9 Å². The Morgan fingerprint density at radius 1 is 1.17 bits per heavy atom. The Hall–Kier alpha value is -2.15. The van der Waals surface area contributed by atoms with Gasteiger partial charge in [-0.2, -0.15) is 0 Å². The molecule has 90 valence electrons. The molecule has 0 bridgehead atoms. The molecule has 0 aliphatic rings.